The van der Waals surface area contributed by atoms with Crippen LogP contribution in [0.3, 0.4) is 0 Å². The van der Waals surface area contributed by atoms with Gasteiger partial charge in [0.25, 0.3) is 5.69 Å². The summed E-state index contributed by atoms with van der Waals surface area (Å²) < 4.78 is 5.49. The highest BCUT2D eigenvalue weighted by Gasteiger charge is 2.15. The first-order chi connectivity index (χ1) is 10.5. The van der Waals surface area contributed by atoms with Crippen molar-refractivity contribution >= 4 is 22.4 Å². The van der Waals surface area contributed by atoms with E-state index in [-0.39, 0.29) is 23.7 Å². The summed E-state index contributed by atoms with van der Waals surface area (Å²) in [4.78, 5) is 22.6. The summed E-state index contributed by atoms with van der Waals surface area (Å²) >= 11 is 0. The number of carbonyl (C=O) groups is 1. The van der Waals surface area contributed by atoms with E-state index in [9.17, 15) is 14.9 Å². The summed E-state index contributed by atoms with van der Waals surface area (Å²) in [5.41, 5.74) is 2.45. The van der Waals surface area contributed by atoms with Crippen LogP contribution in [-0.4, -0.2) is 10.7 Å². The van der Waals surface area contributed by atoms with Gasteiger partial charge in [0.15, 0.2) is 5.76 Å². The quantitative estimate of drug-likeness (QED) is 0.413. The maximum atomic E-state index is 12.3. The van der Waals surface area contributed by atoms with Crippen LogP contribution in [0.25, 0.3) is 11.0 Å². The number of fused-ring (bicyclic) bond motifs is 1. The molecule has 0 spiro atoms. The molecule has 2 aromatic carbocycles. The number of nitro benzene ring substituents is 1. The zero-order chi connectivity index (χ0) is 15.7. The Hall–Kier alpha value is -2.95. The SMILES string of the molecule is Cc1cccc(CC(=O)c2cc3cc([N+](=O)[O-])ccc3o2)c1. The minimum absolute atomic E-state index is 0.0222. The second kappa shape index (κ2) is 5.44. The predicted molar refractivity (Wildman–Crippen MR) is 82.1 cm³/mol. The van der Waals surface area contributed by atoms with Crippen molar-refractivity contribution in [3.8, 4) is 0 Å². The Balaban J connectivity index is 1.89. The minimum Gasteiger partial charge on any atom is -0.453 e. The minimum atomic E-state index is -0.472. The molecule has 5 nitrogen and oxygen atoms in total. The second-order valence-electron chi connectivity index (χ2n) is 5.18. The smallest absolute Gasteiger partial charge is 0.270 e. The standard InChI is InChI=1S/C17H13NO4/c1-11-3-2-4-12(7-11)8-15(19)17-10-13-9-14(18(20)21)5-6-16(13)22-17/h2-7,9-10H,8H2,1H3. The van der Waals surface area contributed by atoms with E-state index in [1.807, 2.05) is 31.2 Å². The first-order valence-electron chi connectivity index (χ1n) is 6.79. The molecule has 0 saturated carbocycles. The Kier molecular flexibility index (Phi) is 3.47. The van der Waals surface area contributed by atoms with Crippen molar-refractivity contribution in [2.75, 3.05) is 0 Å². The van der Waals surface area contributed by atoms with Gasteiger partial charge in [-0.1, -0.05) is 29.8 Å². The second-order valence-corrected chi connectivity index (χ2v) is 5.18. The molecule has 0 bridgehead atoms. The number of hydrogen-bond acceptors (Lipinski definition) is 4. The first-order valence-corrected chi connectivity index (χ1v) is 6.79. The van der Waals surface area contributed by atoms with Crippen LogP contribution in [0.4, 0.5) is 5.69 Å². The van der Waals surface area contributed by atoms with E-state index in [1.54, 1.807) is 6.07 Å². The van der Waals surface area contributed by atoms with Gasteiger partial charge in [-0.2, -0.15) is 0 Å². The van der Waals surface area contributed by atoms with Crippen molar-refractivity contribution in [2.45, 2.75) is 13.3 Å². The highest BCUT2D eigenvalue weighted by Crippen LogP contribution is 2.25. The van der Waals surface area contributed by atoms with Crippen molar-refractivity contribution in [1.82, 2.24) is 0 Å². The summed E-state index contributed by atoms with van der Waals surface area (Å²) in [5.74, 6) is 0.0708. The van der Waals surface area contributed by atoms with E-state index in [4.69, 9.17) is 4.42 Å². The van der Waals surface area contributed by atoms with Gasteiger partial charge in [0.2, 0.25) is 5.78 Å². The molecule has 5 heteroatoms. The van der Waals surface area contributed by atoms with Crippen LogP contribution < -0.4 is 0 Å². The number of benzene rings is 2. The summed E-state index contributed by atoms with van der Waals surface area (Å²) in [6.45, 7) is 1.97. The number of nitrogens with zero attached hydrogens (tertiary/aromatic N) is 1. The van der Waals surface area contributed by atoms with E-state index < -0.39 is 4.92 Å². The third-order valence-corrected chi connectivity index (χ3v) is 3.43. The molecule has 1 heterocycles. The first kappa shape index (κ1) is 14.0. The molecular weight excluding hydrogens is 282 g/mol. The van der Waals surface area contributed by atoms with E-state index in [0.717, 1.165) is 11.1 Å². The van der Waals surface area contributed by atoms with Crippen molar-refractivity contribution < 1.29 is 14.1 Å². The molecule has 22 heavy (non-hydrogen) atoms. The molecule has 0 unspecified atom stereocenters. The Morgan fingerprint density at radius 1 is 1.18 bits per heavy atom. The van der Waals surface area contributed by atoms with Crippen LogP contribution in [0, 0.1) is 17.0 Å². The van der Waals surface area contributed by atoms with Gasteiger partial charge in [-0.25, -0.2) is 0 Å². The van der Waals surface area contributed by atoms with Crippen LogP contribution in [0.2, 0.25) is 0 Å². The average Bonchev–Trinajstić information content (AvgIpc) is 2.90. The molecule has 1 aromatic heterocycles. The number of carbonyl (C=O) groups excluding carboxylic acids is 1. The van der Waals surface area contributed by atoms with Crippen LogP contribution in [0.15, 0.2) is 52.9 Å². The molecule has 3 aromatic rings. The van der Waals surface area contributed by atoms with Gasteiger partial charge in [0.05, 0.1) is 4.92 Å². The lowest BCUT2D eigenvalue weighted by Gasteiger charge is -2.00. The predicted octanol–water partition coefficient (Wildman–Crippen LogP) is 4.07. The summed E-state index contributed by atoms with van der Waals surface area (Å²) in [7, 11) is 0. The number of aryl methyl sites for hydroxylation is 1. The fraction of sp³-hybridized carbons (Fsp3) is 0.118. The molecule has 0 aliphatic heterocycles. The fourth-order valence-electron chi connectivity index (χ4n) is 2.38. The monoisotopic (exact) mass is 295 g/mol. The zero-order valence-corrected chi connectivity index (χ0v) is 11.9. The Bertz CT molecular complexity index is 879. The number of rotatable bonds is 4. The van der Waals surface area contributed by atoms with Gasteiger partial charge in [0, 0.05) is 23.9 Å². The molecule has 0 N–H and O–H groups in total. The van der Waals surface area contributed by atoms with Crippen LogP contribution in [-0.2, 0) is 6.42 Å². The van der Waals surface area contributed by atoms with Crippen LogP contribution >= 0.6 is 0 Å². The number of furan rings is 1. The van der Waals surface area contributed by atoms with Gasteiger partial charge in [0.1, 0.15) is 5.58 Å². The van der Waals surface area contributed by atoms with Gasteiger partial charge in [-0.15, -0.1) is 0 Å². The van der Waals surface area contributed by atoms with E-state index >= 15 is 0 Å². The molecular formula is C17H13NO4. The molecule has 3 rings (SSSR count). The number of ketones is 1. The van der Waals surface area contributed by atoms with Crippen LogP contribution in [0.1, 0.15) is 21.7 Å². The lowest BCUT2D eigenvalue weighted by Crippen LogP contribution is -2.01. The van der Waals surface area contributed by atoms with Gasteiger partial charge < -0.3 is 4.42 Å². The molecule has 0 atom stereocenters. The number of hydrogen-bond donors (Lipinski definition) is 0. The number of Topliss-reactive ketones (excluding diaryl/α,β-unsaturated/α-hetero) is 1. The lowest BCUT2D eigenvalue weighted by molar-refractivity contribution is -0.384. The molecule has 0 aliphatic rings. The maximum absolute atomic E-state index is 12.3. The van der Waals surface area contributed by atoms with E-state index in [2.05, 4.69) is 0 Å². The molecule has 110 valence electrons. The Morgan fingerprint density at radius 2 is 2.00 bits per heavy atom. The molecule has 0 aliphatic carbocycles. The highest BCUT2D eigenvalue weighted by atomic mass is 16.6. The fourth-order valence-corrected chi connectivity index (χ4v) is 2.38. The lowest BCUT2D eigenvalue weighted by atomic mass is 10.1. The molecule has 0 radical (unpaired) electrons. The van der Waals surface area contributed by atoms with Crippen molar-refractivity contribution in [3.05, 3.63) is 75.5 Å². The maximum Gasteiger partial charge on any atom is 0.270 e. The number of nitro groups is 1. The van der Waals surface area contributed by atoms with Crippen molar-refractivity contribution in [3.63, 3.8) is 0 Å². The number of non-ortho nitro benzene ring substituents is 1. The van der Waals surface area contributed by atoms with Gasteiger partial charge in [-0.05, 0) is 24.6 Å². The normalized spacial score (nSPS) is 10.8. The van der Waals surface area contributed by atoms with Gasteiger partial charge >= 0.3 is 0 Å². The van der Waals surface area contributed by atoms with E-state index in [1.165, 1.54) is 18.2 Å². The Morgan fingerprint density at radius 3 is 2.73 bits per heavy atom. The third kappa shape index (κ3) is 2.74. The van der Waals surface area contributed by atoms with Gasteiger partial charge in [-0.3, -0.25) is 14.9 Å². The Labute approximate surface area is 126 Å². The highest BCUT2D eigenvalue weighted by molar-refractivity contribution is 5.99. The average molecular weight is 295 g/mol. The van der Waals surface area contributed by atoms with E-state index in [0.29, 0.717) is 11.0 Å². The molecule has 0 amide bonds. The molecule has 0 saturated heterocycles. The van der Waals surface area contributed by atoms with Crippen LogP contribution in [0.5, 0.6) is 0 Å². The largest absolute Gasteiger partial charge is 0.453 e. The van der Waals surface area contributed by atoms with Crippen molar-refractivity contribution in [1.29, 1.82) is 0 Å². The third-order valence-electron chi connectivity index (χ3n) is 3.43. The summed E-state index contributed by atoms with van der Waals surface area (Å²) in [5, 5.41) is 11.3. The zero-order valence-electron chi connectivity index (χ0n) is 11.9. The van der Waals surface area contributed by atoms with Crippen molar-refractivity contribution in [2.24, 2.45) is 0 Å². The topological polar surface area (TPSA) is 73.3 Å². The summed E-state index contributed by atoms with van der Waals surface area (Å²) in [6.07, 6.45) is 0.240. The summed E-state index contributed by atoms with van der Waals surface area (Å²) in [6, 6.07) is 13.5. The molecule has 0 fully saturated rings.